The van der Waals surface area contributed by atoms with E-state index in [9.17, 15) is 19.5 Å². The Morgan fingerprint density at radius 3 is 2.45 bits per heavy atom. The third kappa shape index (κ3) is 5.54. The summed E-state index contributed by atoms with van der Waals surface area (Å²) in [7, 11) is 0. The summed E-state index contributed by atoms with van der Waals surface area (Å²) >= 11 is 5.71. The number of aliphatic hydroxyl groups is 1. The molecule has 22 heavy (non-hydrogen) atoms. The number of imide groups is 1. The summed E-state index contributed by atoms with van der Waals surface area (Å²) in [6, 6.07) is 0. The molecule has 1 saturated heterocycles. The Hall–Kier alpha value is -1.20. The summed E-state index contributed by atoms with van der Waals surface area (Å²) in [6.45, 7) is 5.33. The van der Waals surface area contributed by atoms with Crippen molar-refractivity contribution < 1.29 is 19.5 Å². The van der Waals surface area contributed by atoms with Crippen molar-refractivity contribution in [2.75, 3.05) is 0 Å². The van der Waals surface area contributed by atoms with Crippen LogP contribution in [0.5, 0.6) is 0 Å². The number of amides is 2. The lowest BCUT2D eigenvalue weighted by molar-refractivity contribution is -0.149. The van der Waals surface area contributed by atoms with Crippen LogP contribution in [0, 0.1) is 0 Å². The summed E-state index contributed by atoms with van der Waals surface area (Å²) in [5.41, 5.74) is 0.598. The van der Waals surface area contributed by atoms with Crippen LogP contribution < -0.4 is 0 Å². The topological polar surface area (TPSA) is 74.7 Å². The fourth-order valence-electron chi connectivity index (χ4n) is 2.41. The van der Waals surface area contributed by atoms with Crippen molar-refractivity contribution in [2.45, 2.75) is 69.9 Å². The average molecular weight is 330 g/mol. The molecule has 1 N–H and O–H groups in total. The van der Waals surface area contributed by atoms with Crippen LogP contribution in [0.2, 0.25) is 0 Å². The minimum atomic E-state index is -1.08. The van der Waals surface area contributed by atoms with Crippen LogP contribution in [-0.2, 0) is 14.4 Å². The van der Waals surface area contributed by atoms with E-state index < -0.39 is 23.4 Å². The highest BCUT2D eigenvalue weighted by Crippen LogP contribution is 2.22. The summed E-state index contributed by atoms with van der Waals surface area (Å²) < 4.78 is 0. The molecule has 0 radical (unpaired) electrons. The van der Waals surface area contributed by atoms with Gasteiger partial charge in [0.05, 0.1) is 6.42 Å². The van der Waals surface area contributed by atoms with Crippen LogP contribution in [0.1, 0.15) is 58.3 Å². The highest BCUT2D eigenvalue weighted by molar-refractivity contribution is 6.35. The van der Waals surface area contributed by atoms with Gasteiger partial charge in [-0.1, -0.05) is 25.8 Å². The number of carbonyl (C=O) groups is 3. The second kappa shape index (κ2) is 9.06. The molecule has 6 heteroatoms. The molecule has 2 unspecified atom stereocenters. The molecule has 1 heterocycles. The molecule has 0 aliphatic carbocycles. The molecule has 124 valence electrons. The lowest BCUT2D eigenvalue weighted by atomic mass is 10.0. The van der Waals surface area contributed by atoms with Gasteiger partial charge in [-0.3, -0.25) is 19.3 Å². The van der Waals surface area contributed by atoms with E-state index in [1.165, 1.54) is 0 Å². The Balaban J connectivity index is 2.12. The second-order valence-corrected chi connectivity index (χ2v) is 6.29. The standard InChI is InChI=1S/C16H24ClNO4/c1-11(2)13(19)8-6-4-3-5-7-9-14(20)18-15(21)10-12(17)16(18)22/h12,14,20H,1,3-10H2,2H3. The van der Waals surface area contributed by atoms with E-state index >= 15 is 0 Å². The van der Waals surface area contributed by atoms with E-state index in [-0.39, 0.29) is 12.2 Å². The number of hydrogen-bond acceptors (Lipinski definition) is 4. The van der Waals surface area contributed by atoms with Gasteiger partial charge in [-0.15, -0.1) is 11.6 Å². The summed E-state index contributed by atoms with van der Waals surface area (Å²) in [5, 5.41) is 9.08. The highest BCUT2D eigenvalue weighted by atomic mass is 35.5. The van der Waals surface area contributed by atoms with Crippen molar-refractivity contribution in [3.63, 3.8) is 0 Å². The van der Waals surface area contributed by atoms with Crippen molar-refractivity contribution in [3.05, 3.63) is 12.2 Å². The maximum Gasteiger partial charge on any atom is 0.249 e. The van der Waals surface area contributed by atoms with E-state index in [1.807, 2.05) is 0 Å². The van der Waals surface area contributed by atoms with Crippen LogP contribution in [0.3, 0.4) is 0 Å². The number of carbonyl (C=O) groups excluding carboxylic acids is 3. The smallest absolute Gasteiger partial charge is 0.249 e. The fourth-order valence-corrected chi connectivity index (χ4v) is 2.65. The zero-order chi connectivity index (χ0) is 16.7. The number of hydrogen-bond donors (Lipinski definition) is 1. The molecule has 1 fully saturated rings. The largest absolute Gasteiger partial charge is 0.373 e. The normalized spacial score (nSPS) is 19.6. The predicted octanol–water partition coefficient (Wildman–Crippen LogP) is 2.55. The zero-order valence-electron chi connectivity index (χ0n) is 13.0. The first-order chi connectivity index (χ1) is 10.3. The van der Waals surface area contributed by atoms with Gasteiger partial charge in [-0.05, 0) is 31.8 Å². The minimum Gasteiger partial charge on any atom is -0.373 e. The van der Waals surface area contributed by atoms with Gasteiger partial charge in [0.1, 0.15) is 11.6 Å². The SMILES string of the molecule is C=C(C)C(=O)CCCCCCCC(O)N1C(=O)CC(Cl)C1=O. The highest BCUT2D eigenvalue weighted by Gasteiger charge is 2.40. The Bertz CT molecular complexity index is 449. The maximum absolute atomic E-state index is 11.6. The quantitative estimate of drug-likeness (QED) is 0.289. The number of halogens is 1. The molecule has 2 amide bonds. The van der Waals surface area contributed by atoms with Crippen molar-refractivity contribution in [1.29, 1.82) is 0 Å². The van der Waals surface area contributed by atoms with E-state index in [0.29, 0.717) is 18.4 Å². The number of Topliss-reactive ketones (excluding diaryl/α,β-unsaturated/α-hetero) is 1. The van der Waals surface area contributed by atoms with E-state index in [0.717, 1.165) is 37.0 Å². The lowest BCUT2D eigenvalue weighted by Crippen LogP contribution is -2.40. The van der Waals surface area contributed by atoms with E-state index in [1.54, 1.807) is 6.92 Å². The van der Waals surface area contributed by atoms with Crippen LogP contribution in [0.25, 0.3) is 0 Å². The molecule has 0 saturated carbocycles. The summed E-state index contributed by atoms with van der Waals surface area (Å²) in [4.78, 5) is 35.4. The maximum atomic E-state index is 11.6. The molecule has 2 atom stereocenters. The minimum absolute atomic E-state index is 0.0335. The monoisotopic (exact) mass is 329 g/mol. The number of nitrogens with zero attached hydrogens (tertiary/aromatic N) is 1. The van der Waals surface area contributed by atoms with Crippen molar-refractivity contribution in [3.8, 4) is 0 Å². The van der Waals surface area contributed by atoms with E-state index in [2.05, 4.69) is 6.58 Å². The number of likely N-dealkylation sites (tertiary alicyclic amines) is 1. The van der Waals surface area contributed by atoms with Crippen molar-refractivity contribution in [2.24, 2.45) is 0 Å². The molecule has 1 aliphatic rings. The first kappa shape index (κ1) is 18.8. The zero-order valence-corrected chi connectivity index (χ0v) is 13.8. The molecule has 1 rings (SSSR count). The molecule has 0 aromatic rings. The predicted molar refractivity (Wildman–Crippen MR) is 84.3 cm³/mol. The summed E-state index contributed by atoms with van der Waals surface area (Å²) in [6.07, 6.45) is 4.14. The number of rotatable bonds is 10. The van der Waals surface area contributed by atoms with Crippen LogP contribution >= 0.6 is 11.6 Å². The molecule has 0 spiro atoms. The molecule has 5 nitrogen and oxygen atoms in total. The molecular formula is C16H24ClNO4. The van der Waals surface area contributed by atoms with Gasteiger partial charge in [0, 0.05) is 6.42 Å². The number of allylic oxidation sites excluding steroid dienone is 1. The Morgan fingerprint density at radius 1 is 1.32 bits per heavy atom. The van der Waals surface area contributed by atoms with Crippen molar-refractivity contribution in [1.82, 2.24) is 4.90 Å². The van der Waals surface area contributed by atoms with Gasteiger partial charge in [0.25, 0.3) is 0 Å². The Kier molecular flexibility index (Phi) is 7.76. The molecular weight excluding hydrogens is 306 g/mol. The summed E-state index contributed by atoms with van der Waals surface area (Å²) in [5.74, 6) is -0.801. The van der Waals surface area contributed by atoms with Gasteiger partial charge in [-0.2, -0.15) is 0 Å². The average Bonchev–Trinajstić information content (AvgIpc) is 2.70. The van der Waals surface area contributed by atoms with E-state index in [4.69, 9.17) is 11.6 Å². The van der Waals surface area contributed by atoms with Crippen LogP contribution in [0.15, 0.2) is 12.2 Å². The van der Waals surface area contributed by atoms with Gasteiger partial charge in [-0.25, -0.2) is 0 Å². The lowest BCUT2D eigenvalue weighted by Gasteiger charge is -2.21. The van der Waals surface area contributed by atoms with Crippen LogP contribution in [0.4, 0.5) is 0 Å². The number of alkyl halides is 1. The molecule has 0 aromatic heterocycles. The first-order valence-electron chi connectivity index (χ1n) is 7.71. The van der Waals surface area contributed by atoms with Gasteiger partial charge >= 0.3 is 0 Å². The third-order valence-electron chi connectivity index (χ3n) is 3.77. The van der Waals surface area contributed by atoms with Crippen LogP contribution in [-0.4, -0.2) is 39.2 Å². The van der Waals surface area contributed by atoms with Gasteiger partial charge < -0.3 is 5.11 Å². The first-order valence-corrected chi connectivity index (χ1v) is 8.15. The molecule has 0 aromatic carbocycles. The number of unbranched alkanes of at least 4 members (excludes halogenated alkanes) is 4. The fraction of sp³-hybridized carbons (Fsp3) is 0.688. The molecule has 0 bridgehead atoms. The Labute approximate surface area is 136 Å². The van der Waals surface area contributed by atoms with Gasteiger partial charge in [0.2, 0.25) is 11.8 Å². The number of ketones is 1. The van der Waals surface area contributed by atoms with Crippen molar-refractivity contribution >= 4 is 29.2 Å². The third-order valence-corrected chi connectivity index (χ3v) is 4.11. The Morgan fingerprint density at radius 2 is 1.91 bits per heavy atom. The second-order valence-electron chi connectivity index (χ2n) is 5.76. The number of aliphatic hydroxyl groups excluding tert-OH is 1. The molecule has 1 aliphatic heterocycles. The van der Waals surface area contributed by atoms with Gasteiger partial charge in [0.15, 0.2) is 5.78 Å².